The molecule has 1 atom stereocenters. The molecule has 0 saturated carbocycles. The Hall–Kier alpha value is -2.70. The minimum atomic E-state index is -3.58. The normalized spacial score (nSPS) is 17.7. The molecule has 1 aliphatic rings. The zero-order chi connectivity index (χ0) is 21.1. The lowest BCUT2D eigenvalue weighted by Crippen LogP contribution is -2.45. The fourth-order valence-electron chi connectivity index (χ4n) is 3.92. The second kappa shape index (κ2) is 8.58. The molecule has 1 heterocycles. The summed E-state index contributed by atoms with van der Waals surface area (Å²) in [5.41, 5.74) is 2.04. The quantitative estimate of drug-likeness (QED) is 0.679. The summed E-state index contributed by atoms with van der Waals surface area (Å²) in [4.78, 5) is 13.0. The van der Waals surface area contributed by atoms with Crippen LogP contribution >= 0.6 is 0 Å². The second-order valence-electron chi connectivity index (χ2n) is 7.91. The number of hydrogen-bond acceptors (Lipinski definition) is 3. The van der Waals surface area contributed by atoms with Gasteiger partial charge < -0.3 is 5.32 Å². The van der Waals surface area contributed by atoms with Gasteiger partial charge in [-0.05, 0) is 54.3 Å². The van der Waals surface area contributed by atoms with E-state index in [1.54, 1.807) is 24.3 Å². The lowest BCUT2D eigenvalue weighted by atomic mass is 9.98. The van der Waals surface area contributed by atoms with E-state index in [1.165, 1.54) is 4.31 Å². The van der Waals surface area contributed by atoms with Crippen LogP contribution in [0.1, 0.15) is 24.0 Å². The van der Waals surface area contributed by atoms with Crippen molar-refractivity contribution in [3.05, 3.63) is 77.9 Å². The molecule has 0 radical (unpaired) electrons. The van der Waals surface area contributed by atoms with E-state index in [0.717, 1.165) is 21.9 Å². The molecule has 1 fully saturated rings. The van der Waals surface area contributed by atoms with Gasteiger partial charge in [-0.1, -0.05) is 54.1 Å². The van der Waals surface area contributed by atoms with E-state index in [2.05, 4.69) is 23.5 Å². The van der Waals surface area contributed by atoms with E-state index >= 15 is 0 Å². The molecule has 0 bridgehead atoms. The van der Waals surface area contributed by atoms with Gasteiger partial charge in [-0.3, -0.25) is 4.79 Å². The van der Waals surface area contributed by atoms with Crippen molar-refractivity contribution < 1.29 is 13.2 Å². The Labute approximate surface area is 177 Å². The van der Waals surface area contributed by atoms with E-state index in [-0.39, 0.29) is 23.3 Å². The molecule has 0 unspecified atom stereocenters. The Morgan fingerprint density at radius 3 is 2.53 bits per heavy atom. The highest BCUT2D eigenvalue weighted by atomic mass is 32.2. The first kappa shape index (κ1) is 20.6. The summed E-state index contributed by atoms with van der Waals surface area (Å²) >= 11 is 0. The fraction of sp³-hybridized carbons (Fsp3) is 0.292. The van der Waals surface area contributed by atoms with E-state index in [1.807, 2.05) is 31.2 Å². The number of nitrogens with one attached hydrogen (secondary N) is 1. The molecule has 1 aliphatic heterocycles. The number of rotatable bonds is 5. The van der Waals surface area contributed by atoms with Crippen molar-refractivity contribution in [3.8, 4) is 0 Å². The van der Waals surface area contributed by atoms with Crippen molar-refractivity contribution in [3.63, 3.8) is 0 Å². The van der Waals surface area contributed by atoms with Crippen LogP contribution in [0.5, 0.6) is 0 Å². The van der Waals surface area contributed by atoms with Gasteiger partial charge in [-0.15, -0.1) is 0 Å². The number of benzene rings is 3. The molecular formula is C24H26N2O3S. The highest BCUT2D eigenvalue weighted by molar-refractivity contribution is 7.89. The molecule has 3 aromatic rings. The lowest BCUT2D eigenvalue weighted by molar-refractivity contribution is -0.126. The van der Waals surface area contributed by atoms with Crippen LogP contribution in [0.15, 0.2) is 71.6 Å². The lowest BCUT2D eigenvalue weighted by Gasteiger charge is -2.31. The summed E-state index contributed by atoms with van der Waals surface area (Å²) in [7, 11) is -3.58. The number of carbonyl (C=O) groups is 1. The Kier molecular flexibility index (Phi) is 5.88. The maximum absolute atomic E-state index is 13.0. The monoisotopic (exact) mass is 422 g/mol. The van der Waals surface area contributed by atoms with Crippen LogP contribution in [0.25, 0.3) is 10.8 Å². The smallest absolute Gasteiger partial charge is 0.243 e. The Morgan fingerprint density at radius 1 is 1.03 bits per heavy atom. The fourth-order valence-corrected chi connectivity index (χ4v) is 5.44. The zero-order valence-corrected chi connectivity index (χ0v) is 17.9. The largest absolute Gasteiger partial charge is 0.352 e. The standard InChI is InChI=1S/C24H26N2O3S/c1-18-8-12-23(13-9-18)30(28,29)26-14-4-7-22(17-26)24(27)25-16-19-10-11-20-5-2-3-6-21(20)15-19/h2-3,5-6,8-13,15,22H,4,7,14,16-17H2,1H3,(H,25,27)/t22-/m1/s1. The van der Waals surface area contributed by atoms with Gasteiger partial charge in [0.15, 0.2) is 0 Å². The summed E-state index contributed by atoms with van der Waals surface area (Å²) in [6, 6.07) is 21.1. The average Bonchev–Trinajstić information content (AvgIpc) is 2.77. The number of aryl methyl sites for hydroxylation is 1. The first-order valence-corrected chi connectivity index (χ1v) is 11.7. The maximum Gasteiger partial charge on any atom is 0.243 e. The number of sulfonamides is 1. The van der Waals surface area contributed by atoms with E-state index in [0.29, 0.717) is 25.9 Å². The number of carbonyl (C=O) groups excluding carboxylic acids is 1. The van der Waals surface area contributed by atoms with Crippen LogP contribution < -0.4 is 5.32 Å². The van der Waals surface area contributed by atoms with E-state index < -0.39 is 10.0 Å². The van der Waals surface area contributed by atoms with Gasteiger partial charge in [-0.25, -0.2) is 8.42 Å². The first-order valence-electron chi connectivity index (χ1n) is 10.3. The minimum Gasteiger partial charge on any atom is -0.352 e. The van der Waals surface area contributed by atoms with Crippen LogP contribution in [0.4, 0.5) is 0 Å². The molecule has 1 N–H and O–H groups in total. The van der Waals surface area contributed by atoms with Gasteiger partial charge in [0.1, 0.15) is 0 Å². The van der Waals surface area contributed by atoms with Gasteiger partial charge in [0.25, 0.3) is 0 Å². The molecular weight excluding hydrogens is 396 g/mol. The van der Waals surface area contributed by atoms with Crippen molar-refractivity contribution >= 4 is 26.7 Å². The summed E-state index contributed by atoms with van der Waals surface area (Å²) < 4.78 is 27.4. The van der Waals surface area contributed by atoms with Crippen molar-refractivity contribution in [1.29, 1.82) is 0 Å². The van der Waals surface area contributed by atoms with E-state index in [4.69, 9.17) is 0 Å². The molecule has 0 aromatic heterocycles. The van der Waals surface area contributed by atoms with Crippen LogP contribution in [0.2, 0.25) is 0 Å². The molecule has 3 aromatic carbocycles. The number of hydrogen-bond donors (Lipinski definition) is 1. The van der Waals surface area contributed by atoms with Crippen LogP contribution in [-0.4, -0.2) is 31.7 Å². The Bertz CT molecular complexity index is 1160. The van der Waals surface area contributed by atoms with Gasteiger partial charge in [-0.2, -0.15) is 4.31 Å². The number of amides is 1. The topological polar surface area (TPSA) is 66.5 Å². The molecule has 5 nitrogen and oxygen atoms in total. The Balaban J connectivity index is 1.41. The number of nitrogens with zero attached hydrogens (tertiary/aromatic N) is 1. The van der Waals surface area contributed by atoms with Crippen LogP contribution in [0, 0.1) is 12.8 Å². The number of fused-ring (bicyclic) bond motifs is 1. The van der Waals surface area contributed by atoms with Crippen molar-refractivity contribution in [2.24, 2.45) is 5.92 Å². The highest BCUT2D eigenvalue weighted by Gasteiger charge is 2.33. The van der Waals surface area contributed by atoms with Gasteiger partial charge in [0.2, 0.25) is 15.9 Å². The van der Waals surface area contributed by atoms with Crippen molar-refractivity contribution in [2.75, 3.05) is 13.1 Å². The molecule has 1 saturated heterocycles. The zero-order valence-electron chi connectivity index (χ0n) is 17.0. The first-order chi connectivity index (χ1) is 14.4. The molecule has 156 valence electrons. The van der Waals surface area contributed by atoms with Crippen molar-refractivity contribution in [2.45, 2.75) is 31.2 Å². The predicted molar refractivity (Wildman–Crippen MR) is 118 cm³/mol. The molecule has 4 rings (SSSR count). The minimum absolute atomic E-state index is 0.0908. The summed E-state index contributed by atoms with van der Waals surface area (Å²) in [6.07, 6.45) is 1.38. The van der Waals surface area contributed by atoms with Gasteiger partial charge >= 0.3 is 0 Å². The van der Waals surface area contributed by atoms with Crippen molar-refractivity contribution in [1.82, 2.24) is 9.62 Å². The molecule has 1 amide bonds. The second-order valence-corrected chi connectivity index (χ2v) is 9.85. The third-order valence-corrected chi connectivity index (χ3v) is 7.57. The van der Waals surface area contributed by atoms with Crippen LogP contribution in [-0.2, 0) is 21.4 Å². The maximum atomic E-state index is 13.0. The number of piperidine rings is 1. The molecule has 0 spiro atoms. The molecule has 0 aliphatic carbocycles. The molecule has 30 heavy (non-hydrogen) atoms. The third-order valence-electron chi connectivity index (χ3n) is 5.69. The third kappa shape index (κ3) is 4.40. The highest BCUT2D eigenvalue weighted by Crippen LogP contribution is 2.24. The average molecular weight is 423 g/mol. The SMILES string of the molecule is Cc1ccc(S(=O)(=O)N2CCC[C@@H](C(=O)NCc3ccc4ccccc4c3)C2)cc1. The Morgan fingerprint density at radius 2 is 1.77 bits per heavy atom. The van der Waals surface area contributed by atoms with Gasteiger partial charge in [0.05, 0.1) is 10.8 Å². The summed E-state index contributed by atoms with van der Waals surface area (Å²) in [6.45, 7) is 3.03. The van der Waals surface area contributed by atoms with Crippen LogP contribution in [0.3, 0.4) is 0 Å². The van der Waals surface area contributed by atoms with E-state index in [9.17, 15) is 13.2 Å². The molecule has 6 heteroatoms. The summed E-state index contributed by atoms with van der Waals surface area (Å²) in [5, 5.41) is 5.29. The predicted octanol–water partition coefficient (Wildman–Crippen LogP) is 3.87. The summed E-state index contributed by atoms with van der Waals surface area (Å²) in [5.74, 6) is -0.425. The van der Waals surface area contributed by atoms with Gasteiger partial charge in [0, 0.05) is 19.6 Å².